The molecule has 0 unspecified atom stereocenters. The van der Waals surface area contributed by atoms with Gasteiger partial charge in [-0.25, -0.2) is 14.5 Å². The smallest absolute Gasteiger partial charge is 0.335 e. The lowest BCUT2D eigenvalue weighted by Gasteiger charge is -2.26. The van der Waals surface area contributed by atoms with E-state index in [-0.39, 0.29) is 11.5 Å². The number of halogens is 1. The fraction of sp³-hybridized carbons (Fsp3) is 0.261. The number of aromatic carboxylic acids is 1. The van der Waals surface area contributed by atoms with Crippen molar-refractivity contribution in [1.82, 2.24) is 20.2 Å². The largest absolute Gasteiger partial charge is 0.478 e. The highest BCUT2D eigenvalue weighted by Gasteiger charge is 2.24. The van der Waals surface area contributed by atoms with E-state index in [1.165, 1.54) is 6.42 Å². The van der Waals surface area contributed by atoms with Crippen molar-refractivity contribution in [3.8, 4) is 16.9 Å². The first-order valence-electron chi connectivity index (χ1n) is 10.2. The molecule has 31 heavy (non-hydrogen) atoms. The molecule has 1 amide bonds. The highest BCUT2D eigenvalue weighted by molar-refractivity contribution is 6.30. The van der Waals surface area contributed by atoms with E-state index in [1.807, 2.05) is 24.1 Å². The van der Waals surface area contributed by atoms with Gasteiger partial charge in [0.15, 0.2) is 5.69 Å². The highest BCUT2D eigenvalue weighted by Crippen LogP contribution is 2.29. The third-order valence-corrected chi connectivity index (χ3v) is 5.68. The maximum atomic E-state index is 13.0. The van der Waals surface area contributed by atoms with Crippen molar-refractivity contribution in [1.29, 1.82) is 0 Å². The molecule has 2 N–H and O–H groups in total. The van der Waals surface area contributed by atoms with Crippen LogP contribution in [0.25, 0.3) is 16.9 Å². The topological polar surface area (TPSA) is 87.5 Å². The number of nitrogens with one attached hydrogen (secondary N) is 1. The first kappa shape index (κ1) is 21.1. The number of carboxylic acid groups (broad SMARTS) is 1. The number of amides is 1. The fourth-order valence-electron chi connectivity index (χ4n) is 3.79. The first-order valence-corrected chi connectivity index (χ1v) is 10.6. The molecular formula is C23H23ClN4O3. The quantitative estimate of drug-likeness (QED) is 0.619. The van der Waals surface area contributed by atoms with E-state index in [9.17, 15) is 14.7 Å². The van der Waals surface area contributed by atoms with Crippen LogP contribution in [0.3, 0.4) is 0 Å². The maximum Gasteiger partial charge on any atom is 0.335 e. The van der Waals surface area contributed by atoms with Gasteiger partial charge in [0.05, 0.1) is 16.9 Å². The minimum atomic E-state index is -0.990. The predicted molar refractivity (Wildman–Crippen MR) is 119 cm³/mol. The molecule has 0 radical (unpaired) electrons. The molecule has 1 aliphatic heterocycles. The Morgan fingerprint density at radius 2 is 1.65 bits per heavy atom. The van der Waals surface area contributed by atoms with Gasteiger partial charge in [0.2, 0.25) is 0 Å². The highest BCUT2D eigenvalue weighted by atomic mass is 35.5. The lowest BCUT2D eigenvalue weighted by molar-refractivity contribution is 0.0695. The second-order valence-corrected chi connectivity index (χ2v) is 8.02. The molecule has 1 aliphatic rings. The molecular weight excluding hydrogens is 416 g/mol. The van der Waals surface area contributed by atoms with E-state index < -0.39 is 5.97 Å². The predicted octanol–water partition coefficient (Wildman–Crippen LogP) is 4.33. The summed E-state index contributed by atoms with van der Waals surface area (Å²) in [6, 6.07) is 13.7. The third-order valence-electron chi connectivity index (χ3n) is 5.43. The Bertz CT molecular complexity index is 1100. The van der Waals surface area contributed by atoms with Gasteiger partial charge in [0, 0.05) is 29.2 Å². The van der Waals surface area contributed by atoms with Crippen molar-refractivity contribution in [2.45, 2.75) is 26.2 Å². The van der Waals surface area contributed by atoms with Crippen LogP contribution >= 0.6 is 11.6 Å². The zero-order valence-corrected chi connectivity index (χ0v) is 17.9. The summed E-state index contributed by atoms with van der Waals surface area (Å²) >= 11 is 6.04. The van der Waals surface area contributed by atoms with Gasteiger partial charge in [0.25, 0.3) is 5.91 Å². The lowest BCUT2D eigenvalue weighted by Crippen LogP contribution is -2.45. The first-order chi connectivity index (χ1) is 14.9. The molecule has 1 saturated heterocycles. The summed E-state index contributed by atoms with van der Waals surface area (Å²) in [5.74, 6) is -1.24. The van der Waals surface area contributed by atoms with Crippen molar-refractivity contribution in [2.75, 3.05) is 13.1 Å². The number of hydrogen-bond acceptors (Lipinski definition) is 4. The number of piperidine rings is 1. The Morgan fingerprint density at radius 3 is 2.26 bits per heavy atom. The van der Waals surface area contributed by atoms with Crippen LogP contribution in [0.1, 0.15) is 45.7 Å². The molecule has 0 saturated carbocycles. The van der Waals surface area contributed by atoms with Gasteiger partial charge in [-0.2, -0.15) is 5.10 Å². The van der Waals surface area contributed by atoms with Crippen molar-refractivity contribution in [3.05, 3.63) is 70.4 Å². The molecule has 2 aromatic carbocycles. The van der Waals surface area contributed by atoms with Crippen LogP contribution in [-0.2, 0) is 0 Å². The number of carbonyl (C=O) groups excluding carboxylic acids is 1. The summed E-state index contributed by atoms with van der Waals surface area (Å²) in [4.78, 5) is 24.3. The molecule has 0 spiro atoms. The van der Waals surface area contributed by atoms with E-state index in [4.69, 9.17) is 11.6 Å². The summed E-state index contributed by atoms with van der Waals surface area (Å²) in [7, 11) is 0. The SMILES string of the molecule is Cc1c(C(=O)NN2CCCCC2)nn(-c2ccc(Cl)cc2)c1-c1ccc(C(=O)O)cc1. The minimum absolute atomic E-state index is 0.196. The number of aromatic nitrogens is 2. The Morgan fingerprint density at radius 1 is 1.00 bits per heavy atom. The number of benzene rings is 2. The van der Waals surface area contributed by atoms with E-state index in [1.54, 1.807) is 41.1 Å². The molecule has 160 valence electrons. The summed E-state index contributed by atoms with van der Waals surface area (Å²) < 4.78 is 1.70. The summed E-state index contributed by atoms with van der Waals surface area (Å²) in [5.41, 5.74) is 6.46. The zero-order chi connectivity index (χ0) is 22.0. The van der Waals surface area contributed by atoms with Crippen LogP contribution in [-0.4, -0.2) is 44.9 Å². The Labute approximate surface area is 185 Å². The Kier molecular flexibility index (Phi) is 6.06. The maximum absolute atomic E-state index is 13.0. The third kappa shape index (κ3) is 4.47. The molecule has 2 heterocycles. The number of rotatable bonds is 5. The van der Waals surface area contributed by atoms with E-state index in [2.05, 4.69) is 10.5 Å². The van der Waals surface area contributed by atoms with Crippen molar-refractivity contribution < 1.29 is 14.7 Å². The molecule has 0 atom stereocenters. The molecule has 1 aromatic heterocycles. The lowest BCUT2D eigenvalue weighted by atomic mass is 10.0. The van der Waals surface area contributed by atoms with Gasteiger partial charge >= 0.3 is 5.97 Å². The van der Waals surface area contributed by atoms with Crippen LogP contribution in [0.15, 0.2) is 48.5 Å². The molecule has 7 nitrogen and oxygen atoms in total. The molecule has 0 bridgehead atoms. The summed E-state index contributed by atoms with van der Waals surface area (Å²) in [5, 5.41) is 16.4. The number of hydrogen-bond donors (Lipinski definition) is 2. The molecule has 8 heteroatoms. The number of nitrogens with zero attached hydrogens (tertiary/aromatic N) is 3. The normalized spacial score (nSPS) is 14.4. The van der Waals surface area contributed by atoms with E-state index in [0.717, 1.165) is 42.9 Å². The van der Waals surface area contributed by atoms with Crippen LogP contribution in [0.5, 0.6) is 0 Å². The summed E-state index contributed by atoms with van der Waals surface area (Å²) in [6.07, 6.45) is 3.28. The average Bonchev–Trinajstić information content (AvgIpc) is 3.12. The van der Waals surface area contributed by atoms with Crippen LogP contribution in [0, 0.1) is 6.92 Å². The minimum Gasteiger partial charge on any atom is -0.478 e. The zero-order valence-electron chi connectivity index (χ0n) is 17.1. The van der Waals surface area contributed by atoms with Gasteiger partial charge < -0.3 is 5.11 Å². The molecule has 3 aromatic rings. The van der Waals surface area contributed by atoms with Crippen molar-refractivity contribution >= 4 is 23.5 Å². The average molecular weight is 439 g/mol. The van der Waals surface area contributed by atoms with Gasteiger partial charge in [-0.1, -0.05) is 30.2 Å². The van der Waals surface area contributed by atoms with Gasteiger partial charge in [0.1, 0.15) is 0 Å². The van der Waals surface area contributed by atoms with Crippen molar-refractivity contribution in [2.24, 2.45) is 0 Å². The van der Waals surface area contributed by atoms with E-state index in [0.29, 0.717) is 16.3 Å². The Balaban J connectivity index is 1.76. The second-order valence-electron chi connectivity index (χ2n) is 7.58. The van der Waals surface area contributed by atoms with Gasteiger partial charge in [-0.05, 0) is 56.2 Å². The summed E-state index contributed by atoms with van der Waals surface area (Å²) in [6.45, 7) is 3.50. The number of hydrazine groups is 1. The number of carboxylic acids is 1. The van der Waals surface area contributed by atoms with Gasteiger partial charge in [-0.15, -0.1) is 0 Å². The van der Waals surface area contributed by atoms with Gasteiger partial charge in [-0.3, -0.25) is 10.2 Å². The number of carbonyl (C=O) groups is 2. The van der Waals surface area contributed by atoms with E-state index >= 15 is 0 Å². The molecule has 0 aliphatic carbocycles. The fourth-order valence-corrected chi connectivity index (χ4v) is 3.92. The van der Waals surface area contributed by atoms with Crippen LogP contribution in [0.2, 0.25) is 5.02 Å². The molecule has 4 rings (SSSR count). The van der Waals surface area contributed by atoms with Crippen LogP contribution < -0.4 is 5.43 Å². The van der Waals surface area contributed by atoms with Crippen molar-refractivity contribution in [3.63, 3.8) is 0 Å². The monoisotopic (exact) mass is 438 g/mol. The molecule has 1 fully saturated rings. The van der Waals surface area contributed by atoms with Crippen LogP contribution in [0.4, 0.5) is 0 Å². The second kappa shape index (κ2) is 8.91. The standard InChI is InChI=1S/C23H23ClN4O3/c1-15-20(22(29)26-27-13-3-2-4-14-27)25-28(19-11-9-18(24)10-12-19)21(15)16-5-7-17(8-6-16)23(30)31/h5-12H,2-4,13-14H2,1H3,(H,26,29)(H,30,31). The Hall–Kier alpha value is -3.16.